The third kappa shape index (κ3) is 4.74. The van der Waals surface area contributed by atoms with Crippen molar-refractivity contribution in [3.63, 3.8) is 0 Å². The van der Waals surface area contributed by atoms with Gasteiger partial charge < -0.3 is 5.32 Å². The maximum atomic E-state index is 12.0. The molecule has 3 amide bonds. The van der Waals surface area contributed by atoms with Gasteiger partial charge in [-0.1, -0.05) is 36.0 Å². The number of aryl methyl sites for hydroxylation is 1. The normalized spacial score (nSPS) is 10.5. The Morgan fingerprint density at radius 3 is 2.85 bits per heavy atom. The number of rotatable bonds is 6. The maximum Gasteiger partial charge on any atom is 0.321 e. The van der Waals surface area contributed by atoms with Gasteiger partial charge in [0.25, 0.3) is 0 Å². The predicted octanol–water partition coefficient (Wildman–Crippen LogP) is 3.36. The monoisotopic (exact) mass is 386 g/mol. The van der Waals surface area contributed by atoms with Crippen LogP contribution in [0.25, 0.3) is 5.69 Å². The van der Waals surface area contributed by atoms with Gasteiger partial charge in [-0.05, 0) is 30.0 Å². The number of para-hydroxylation sites is 1. The molecule has 1 aromatic carbocycles. The van der Waals surface area contributed by atoms with Gasteiger partial charge in [0.05, 0.1) is 18.0 Å². The molecule has 3 rings (SSSR count). The van der Waals surface area contributed by atoms with Crippen molar-refractivity contribution in [3.05, 3.63) is 64.6 Å². The number of carbonyl (C=O) groups is 2. The number of imide groups is 1. The number of aromatic nitrogens is 2. The van der Waals surface area contributed by atoms with E-state index in [4.69, 9.17) is 0 Å². The van der Waals surface area contributed by atoms with Crippen molar-refractivity contribution >= 4 is 35.0 Å². The molecule has 0 fully saturated rings. The summed E-state index contributed by atoms with van der Waals surface area (Å²) in [6.07, 6.45) is 3.55. The third-order valence-electron chi connectivity index (χ3n) is 3.57. The summed E-state index contributed by atoms with van der Waals surface area (Å²) in [6.45, 7) is 2.43. The van der Waals surface area contributed by atoms with E-state index in [1.54, 1.807) is 17.5 Å². The molecule has 26 heavy (non-hydrogen) atoms. The van der Waals surface area contributed by atoms with Crippen LogP contribution in [0.3, 0.4) is 0 Å². The Hall–Kier alpha value is -2.58. The maximum absolute atomic E-state index is 12.0. The van der Waals surface area contributed by atoms with E-state index in [1.807, 2.05) is 59.5 Å². The van der Waals surface area contributed by atoms with E-state index >= 15 is 0 Å². The summed E-state index contributed by atoms with van der Waals surface area (Å²) < 4.78 is 1.93. The van der Waals surface area contributed by atoms with Gasteiger partial charge in [0, 0.05) is 17.3 Å². The fourth-order valence-electron chi connectivity index (χ4n) is 2.33. The number of nitrogens with one attached hydrogen (secondary N) is 2. The van der Waals surface area contributed by atoms with Gasteiger partial charge in [-0.3, -0.25) is 14.7 Å². The molecule has 0 aliphatic heterocycles. The molecule has 0 spiro atoms. The molecule has 0 saturated carbocycles. The Morgan fingerprint density at radius 2 is 2.08 bits per heavy atom. The van der Waals surface area contributed by atoms with Crippen LogP contribution < -0.4 is 10.6 Å². The van der Waals surface area contributed by atoms with E-state index in [2.05, 4.69) is 15.6 Å². The number of imidazole rings is 1. The molecule has 3 aromatic rings. The van der Waals surface area contributed by atoms with Crippen molar-refractivity contribution < 1.29 is 9.59 Å². The molecular weight excluding hydrogens is 368 g/mol. The smallest absolute Gasteiger partial charge is 0.321 e. The average molecular weight is 387 g/mol. The van der Waals surface area contributed by atoms with Crippen molar-refractivity contribution in [1.29, 1.82) is 0 Å². The van der Waals surface area contributed by atoms with Crippen LogP contribution in [0.2, 0.25) is 0 Å². The van der Waals surface area contributed by atoms with Gasteiger partial charge in [-0.15, -0.1) is 11.3 Å². The van der Waals surface area contributed by atoms with E-state index in [-0.39, 0.29) is 11.7 Å². The van der Waals surface area contributed by atoms with Crippen LogP contribution in [0.15, 0.2) is 59.3 Å². The number of hydrogen-bond donors (Lipinski definition) is 2. The molecule has 6 nitrogen and oxygen atoms in total. The summed E-state index contributed by atoms with van der Waals surface area (Å²) in [6, 6.07) is 11.3. The molecule has 2 aromatic heterocycles. The first-order valence-electron chi connectivity index (χ1n) is 7.95. The van der Waals surface area contributed by atoms with Crippen LogP contribution in [0.4, 0.5) is 4.79 Å². The molecule has 134 valence electrons. The number of nitrogens with zero attached hydrogens (tertiary/aromatic N) is 2. The van der Waals surface area contributed by atoms with Gasteiger partial charge >= 0.3 is 6.03 Å². The first-order valence-corrected chi connectivity index (χ1v) is 9.82. The fourth-order valence-corrected chi connectivity index (χ4v) is 3.74. The van der Waals surface area contributed by atoms with Crippen molar-refractivity contribution in [1.82, 2.24) is 20.2 Å². The highest BCUT2D eigenvalue weighted by molar-refractivity contribution is 7.99. The van der Waals surface area contributed by atoms with Crippen LogP contribution in [-0.2, 0) is 11.3 Å². The van der Waals surface area contributed by atoms with Crippen LogP contribution in [0.5, 0.6) is 0 Å². The SMILES string of the molecule is Cc1ccccc1-n1ccnc1SCC(=O)NC(=O)NCc1cccs1. The Kier molecular flexibility index (Phi) is 6.08. The lowest BCUT2D eigenvalue weighted by Gasteiger charge is -2.10. The first kappa shape index (κ1) is 18.2. The number of urea groups is 1. The zero-order chi connectivity index (χ0) is 18.4. The van der Waals surface area contributed by atoms with Gasteiger partial charge in [0.1, 0.15) is 0 Å². The van der Waals surface area contributed by atoms with E-state index in [0.717, 1.165) is 16.1 Å². The number of benzene rings is 1. The van der Waals surface area contributed by atoms with Crippen molar-refractivity contribution in [2.45, 2.75) is 18.6 Å². The summed E-state index contributed by atoms with van der Waals surface area (Å²) in [5.41, 5.74) is 2.13. The van der Waals surface area contributed by atoms with Crippen molar-refractivity contribution in [2.24, 2.45) is 0 Å². The topological polar surface area (TPSA) is 76.0 Å². The van der Waals surface area contributed by atoms with E-state index in [0.29, 0.717) is 11.7 Å². The highest BCUT2D eigenvalue weighted by atomic mass is 32.2. The summed E-state index contributed by atoms with van der Waals surface area (Å²) >= 11 is 2.84. The third-order valence-corrected chi connectivity index (χ3v) is 5.41. The summed E-state index contributed by atoms with van der Waals surface area (Å²) in [5.74, 6) is -0.256. The number of thiophene rings is 1. The number of amides is 3. The second kappa shape index (κ2) is 8.68. The Balaban J connectivity index is 1.51. The Bertz CT molecular complexity index is 890. The molecule has 0 aliphatic rings. The van der Waals surface area contributed by atoms with E-state index < -0.39 is 6.03 Å². The second-order valence-electron chi connectivity index (χ2n) is 5.47. The molecule has 2 heterocycles. The van der Waals surface area contributed by atoms with E-state index in [9.17, 15) is 9.59 Å². The quantitative estimate of drug-likeness (QED) is 0.637. The molecule has 0 unspecified atom stereocenters. The predicted molar refractivity (Wildman–Crippen MR) is 104 cm³/mol. The lowest BCUT2D eigenvalue weighted by atomic mass is 10.2. The lowest BCUT2D eigenvalue weighted by Crippen LogP contribution is -2.39. The van der Waals surface area contributed by atoms with Crippen molar-refractivity contribution in [2.75, 3.05) is 5.75 Å². The molecule has 0 atom stereocenters. The minimum absolute atomic E-state index is 0.106. The van der Waals surface area contributed by atoms with Crippen LogP contribution in [-0.4, -0.2) is 27.2 Å². The molecule has 0 saturated heterocycles. The Labute approximate surface area is 159 Å². The molecule has 8 heteroatoms. The minimum Gasteiger partial charge on any atom is -0.333 e. The lowest BCUT2D eigenvalue weighted by molar-refractivity contribution is -0.117. The molecule has 0 bridgehead atoms. The zero-order valence-corrected chi connectivity index (χ0v) is 15.8. The van der Waals surface area contributed by atoms with Gasteiger partial charge in [0.2, 0.25) is 5.91 Å². The van der Waals surface area contributed by atoms with Crippen LogP contribution in [0.1, 0.15) is 10.4 Å². The van der Waals surface area contributed by atoms with Crippen LogP contribution >= 0.6 is 23.1 Å². The van der Waals surface area contributed by atoms with E-state index in [1.165, 1.54) is 11.8 Å². The van der Waals surface area contributed by atoms with Gasteiger partial charge in [0.15, 0.2) is 5.16 Å². The summed E-state index contributed by atoms with van der Waals surface area (Å²) in [4.78, 5) is 29.1. The molecule has 0 aliphatic carbocycles. The molecule has 2 N–H and O–H groups in total. The molecular formula is C18H18N4O2S2. The zero-order valence-electron chi connectivity index (χ0n) is 14.1. The summed E-state index contributed by atoms with van der Waals surface area (Å²) in [7, 11) is 0. The Morgan fingerprint density at radius 1 is 1.23 bits per heavy atom. The van der Waals surface area contributed by atoms with Gasteiger partial charge in [-0.25, -0.2) is 9.78 Å². The minimum atomic E-state index is -0.494. The number of thioether (sulfide) groups is 1. The van der Waals surface area contributed by atoms with Crippen molar-refractivity contribution in [3.8, 4) is 5.69 Å². The fraction of sp³-hybridized carbons (Fsp3) is 0.167. The van der Waals surface area contributed by atoms with Crippen LogP contribution in [0, 0.1) is 6.92 Å². The first-order chi connectivity index (χ1) is 12.6. The van der Waals surface area contributed by atoms with Gasteiger partial charge in [-0.2, -0.15) is 0 Å². The number of hydrogen-bond acceptors (Lipinski definition) is 5. The largest absolute Gasteiger partial charge is 0.333 e. The highest BCUT2D eigenvalue weighted by Crippen LogP contribution is 2.22. The molecule has 0 radical (unpaired) electrons. The second-order valence-corrected chi connectivity index (χ2v) is 7.44. The summed E-state index contributed by atoms with van der Waals surface area (Å²) in [5, 5.41) is 7.64. The highest BCUT2D eigenvalue weighted by Gasteiger charge is 2.12. The average Bonchev–Trinajstić information content (AvgIpc) is 3.30. The standard InChI is InChI=1S/C18H18N4O2S2/c1-13-5-2-3-7-15(13)22-9-8-19-18(22)26-12-16(23)21-17(24)20-11-14-6-4-10-25-14/h2-10H,11-12H2,1H3,(H2,20,21,23,24). The number of carbonyl (C=O) groups excluding carboxylic acids is 2.